The minimum atomic E-state index is -0.479. The van der Waals surface area contributed by atoms with Crippen molar-refractivity contribution in [2.45, 2.75) is 64.5 Å². The lowest BCUT2D eigenvalue weighted by Crippen LogP contribution is -2.51. The summed E-state index contributed by atoms with van der Waals surface area (Å²) in [5.41, 5.74) is 6.09. The number of carbonyl (C=O) groups excluding carboxylic acids is 1. The molecule has 0 spiro atoms. The number of nitrogen functional groups attached to an aromatic ring is 1. The molecule has 0 saturated heterocycles. The number of hydrogen-bond donors (Lipinski definition) is 1. The van der Waals surface area contributed by atoms with E-state index in [9.17, 15) is 4.79 Å². The Morgan fingerprint density at radius 2 is 2.13 bits per heavy atom. The Morgan fingerprint density at radius 3 is 2.74 bits per heavy atom. The van der Waals surface area contributed by atoms with E-state index < -0.39 is 5.54 Å². The first kappa shape index (κ1) is 17.8. The number of halogens is 1. The summed E-state index contributed by atoms with van der Waals surface area (Å²) in [5.74, 6) is 0.380. The largest absolute Gasteiger partial charge is 0.466 e. The molecule has 128 valence electrons. The Kier molecular flexibility index (Phi) is 5.68. The highest BCUT2D eigenvalue weighted by molar-refractivity contribution is 6.28. The Morgan fingerprint density at radius 1 is 1.48 bits per heavy atom. The fourth-order valence-electron chi connectivity index (χ4n) is 3.32. The highest BCUT2D eigenvalue weighted by Crippen LogP contribution is 2.37. The molecular formula is C16H25ClN4O2. The highest BCUT2D eigenvalue weighted by Gasteiger charge is 2.38. The van der Waals surface area contributed by atoms with E-state index in [-0.39, 0.29) is 23.7 Å². The van der Waals surface area contributed by atoms with Gasteiger partial charge in [-0.05, 0) is 45.2 Å². The van der Waals surface area contributed by atoms with Gasteiger partial charge < -0.3 is 15.4 Å². The molecule has 2 rings (SSSR count). The topological polar surface area (TPSA) is 81.3 Å². The molecule has 1 saturated carbocycles. The summed E-state index contributed by atoms with van der Waals surface area (Å²) < 4.78 is 5.12. The van der Waals surface area contributed by atoms with Crippen LogP contribution in [0.3, 0.4) is 0 Å². The molecule has 0 bridgehead atoms. The van der Waals surface area contributed by atoms with Gasteiger partial charge in [0.15, 0.2) is 5.82 Å². The molecule has 0 atom stereocenters. The molecular weight excluding hydrogens is 316 g/mol. The summed E-state index contributed by atoms with van der Waals surface area (Å²) in [6.07, 6.45) is 6.21. The molecule has 1 aliphatic rings. The molecule has 23 heavy (non-hydrogen) atoms. The maximum Gasteiger partial charge on any atom is 0.308 e. The predicted molar refractivity (Wildman–Crippen MR) is 91.5 cm³/mol. The van der Waals surface area contributed by atoms with E-state index in [1.807, 2.05) is 20.8 Å². The normalized spacial score (nSPS) is 15.7. The van der Waals surface area contributed by atoms with Crippen LogP contribution in [0.2, 0.25) is 5.28 Å². The molecule has 0 aromatic carbocycles. The van der Waals surface area contributed by atoms with Gasteiger partial charge in [0.25, 0.3) is 0 Å². The summed E-state index contributed by atoms with van der Waals surface area (Å²) in [7, 11) is 0. The van der Waals surface area contributed by atoms with E-state index >= 15 is 0 Å². The molecule has 1 aromatic heterocycles. The lowest BCUT2D eigenvalue weighted by atomic mass is 9.94. The SMILES string of the molecule is CCOC(=O)CC(C)(C)N(c1nc(Cl)ncc1N)C1CCCC1. The first-order valence-electron chi connectivity index (χ1n) is 8.08. The van der Waals surface area contributed by atoms with Gasteiger partial charge >= 0.3 is 5.97 Å². The smallest absolute Gasteiger partial charge is 0.308 e. The van der Waals surface area contributed by atoms with E-state index in [0.29, 0.717) is 18.1 Å². The summed E-state index contributed by atoms with van der Waals surface area (Å²) >= 11 is 5.98. The Labute approximate surface area is 142 Å². The molecule has 7 heteroatoms. The number of nitrogens with two attached hydrogens (primary N) is 1. The molecule has 0 aliphatic heterocycles. The van der Waals surface area contributed by atoms with Crippen LogP contribution in [0.5, 0.6) is 0 Å². The second-order valence-electron chi connectivity index (χ2n) is 6.52. The molecule has 2 N–H and O–H groups in total. The van der Waals surface area contributed by atoms with Crippen LogP contribution in [-0.4, -0.2) is 34.1 Å². The summed E-state index contributed by atoms with van der Waals surface area (Å²) in [6.45, 7) is 6.21. The minimum Gasteiger partial charge on any atom is -0.466 e. The van der Waals surface area contributed by atoms with Crippen molar-refractivity contribution >= 4 is 29.1 Å². The molecule has 0 radical (unpaired) electrons. The van der Waals surface area contributed by atoms with Gasteiger partial charge in [-0.25, -0.2) is 4.98 Å². The van der Waals surface area contributed by atoms with Gasteiger partial charge in [0.2, 0.25) is 5.28 Å². The average Bonchev–Trinajstić information content (AvgIpc) is 2.96. The number of aromatic nitrogens is 2. The number of carbonyl (C=O) groups is 1. The van der Waals surface area contributed by atoms with Crippen LogP contribution in [-0.2, 0) is 9.53 Å². The second-order valence-corrected chi connectivity index (χ2v) is 6.86. The summed E-state index contributed by atoms with van der Waals surface area (Å²) in [6, 6.07) is 0.285. The zero-order chi connectivity index (χ0) is 17.0. The quantitative estimate of drug-likeness (QED) is 0.632. The Balaban J connectivity index is 2.37. The fraction of sp³-hybridized carbons (Fsp3) is 0.688. The van der Waals surface area contributed by atoms with Gasteiger partial charge in [0.05, 0.1) is 24.9 Å². The van der Waals surface area contributed by atoms with Crippen molar-refractivity contribution in [3.63, 3.8) is 0 Å². The van der Waals surface area contributed by atoms with E-state index in [0.717, 1.165) is 25.7 Å². The first-order valence-corrected chi connectivity index (χ1v) is 8.46. The zero-order valence-electron chi connectivity index (χ0n) is 14.0. The molecule has 1 aliphatic carbocycles. The lowest BCUT2D eigenvalue weighted by Gasteiger charge is -2.43. The Bertz CT molecular complexity index is 559. The summed E-state index contributed by atoms with van der Waals surface area (Å²) in [4.78, 5) is 22.4. The zero-order valence-corrected chi connectivity index (χ0v) is 14.8. The molecule has 6 nitrogen and oxygen atoms in total. The van der Waals surface area contributed by atoms with Crippen LogP contribution in [0.15, 0.2) is 6.20 Å². The molecule has 0 unspecified atom stereocenters. The van der Waals surface area contributed by atoms with Crippen molar-refractivity contribution in [2.24, 2.45) is 0 Å². The van der Waals surface area contributed by atoms with Gasteiger partial charge in [0, 0.05) is 11.6 Å². The standard InChI is InChI=1S/C16H25ClN4O2/c1-4-23-13(22)9-16(2,3)21(11-7-5-6-8-11)14-12(18)10-19-15(17)20-14/h10-11H,4-9,18H2,1-3H3. The molecule has 1 heterocycles. The van der Waals surface area contributed by atoms with Crippen molar-refractivity contribution in [1.29, 1.82) is 0 Å². The third-order valence-electron chi connectivity index (χ3n) is 4.22. The van der Waals surface area contributed by atoms with E-state index in [2.05, 4.69) is 14.9 Å². The van der Waals surface area contributed by atoms with Gasteiger partial charge in [-0.15, -0.1) is 0 Å². The van der Waals surface area contributed by atoms with Crippen molar-refractivity contribution < 1.29 is 9.53 Å². The Hall–Kier alpha value is -1.56. The number of hydrogen-bond acceptors (Lipinski definition) is 6. The molecule has 1 fully saturated rings. The second kappa shape index (κ2) is 7.34. The third kappa shape index (κ3) is 4.25. The van der Waals surface area contributed by atoms with Crippen LogP contribution in [0.4, 0.5) is 11.5 Å². The van der Waals surface area contributed by atoms with Crippen LogP contribution in [0, 0.1) is 0 Å². The number of ether oxygens (including phenoxy) is 1. The first-order chi connectivity index (χ1) is 10.8. The van der Waals surface area contributed by atoms with Crippen LogP contribution < -0.4 is 10.6 Å². The van der Waals surface area contributed by atoms with Gasteiger partial charge in [-0.1, -0.05) is 12.8 Å². The van der Waals surface area contributed by atoms with Crippen molar-refractivity contribution in [3.8, 4) is 0 Å². The van der Waals surface area contributed by atoms with E-state index in [1.165, 1.54) is 6.20 Å². The van der Waals surface area contributed by atoms with Crippen molar-refractivity contribution in [2.75, 3.05) is 17.2 Å². The average molecular weight is 341 g/mol. The predicted octanol–water partition coefficient (Wildman–Crippen LogP) is 3.19. The maximum atomic E-state index is 12.0. The lowest BCUT2D eigenvalue weighted by molar-refractivity contribution is -0.144. The number of anilines is 2. The van der Waals surface area contributed by atoms with Crippen LogP contribution >= 0.6 is 11.6 Å². The molecule has 1 aromatic rings. The fourth-order valence-corrected chi connectivity index (χ4v) is 3.45. The maximum absolute atomic E-state index is 12.0. The summed E-state index contributed by atoms with van der Waals surface area (Å²) in [5, 5.41) is 0.157. The van der Waals surface area contributed by atoms with Crippen molar-refractivity contribution in [1.82, 2.24) is 9.97 Å². The van der Waals surface area contributed by atoms with Crippen LogP contribution in [0.1, 0.15) is 52.9 Å². The van der Waals surface area contributed by atoms with Gasteiger partial charge in [0.1, 0.15) is 0 Å². The van der Waals surface area contributed by atoms with Crippen LogP contribution in [0.25, 0.3) is 0 Å². The number of esters is 1. The van der Waals surface area contributed by atoms with E-state index in [1.54, 1.807) is 0 Å². The minimum absolute atomic E-state index is 0.157. The third-order valence-corrected chi connectivity index (χ3v) is 4.40. The van der Waals surface area contributed by atoms with E-state index in [4.69, 9.17) is 22.1 Å². The van der Waals surface area contributed by atoms with Crippen molar-refractivity contribution in [3.05, 3.63) is 11.5 Å². The number of nitrogens with zero attached hydrogens (tertiary/aromatic N) is 3. The highest BCUT2D eigenvalue weighted by atomic mass is 35.5. The monoisotopic (exact) mass is 340 g/mol. The molecule has 0 amide bonds. The number of rotatable bonds is 6. The van der Waals surface area contributed by atoms with Gasteiger partial charge in [-0.2, -0.15) is 4.98 Å². The van der Waals surface area contributed by atoms with Gasteiger partial charge in [-0.3, -0.25) is 4.79 Å².